The highest BCUT2D eigenvalue weighted by molar-refractivity contribution is 5.89. The summed E-state index contributed by atoms with van der Waals surface area (Å²) in [5.74, 6) is 0.0361. The van der Waals surface area contributed by atoms with Crippen molar-refractivity contribution in [3.05, 3.63) is 65.2 Å². The number of hydrogen-bond donors (Lipinski definition) is 3. The van der Waals surface area contributed by atoms with E-state index >= 15 is 0 Å². The highest BCUT2D eigenvalue weighted by atomic mass is 16.2. The van der Waals surface area contributed by atoms with E-state index in [9.17, 15) is 9.59 Å². The van der Waals surface area contributed by atoms with Gasteiger partial charge in [0.05, 0.1) is 12.6 Å². The number of nitrogens with zero attached hydrogens (tertiary/aromatic N) is 1. The fourth-order valence-electron chi connectivity index (χ4n) is 3.72. The number of likely N-dealkylation sites (tertiary alicyclic amines) is 1. The Hall–Kier alpha value is -2.86. The molecule has 1 atom stereocenters. The molecule has 1 heterocycles. The van der Waals surface area contributed by atoms with Crippen molar-refractivity contribution in [3.8, 4) is 0 Å². The number of aryl methyl sites for hydroxylation is 2. The predicted octanol–water partition coefficient (Wildman–Crippen LogP) is 3.77. The maximum Gasteiger partial charge on any atom is 0.319 e. The summed E-state index contributed by atoms with van der Waals surface area (Å²) in [6.07, 6.45) is 1.67. The normalized spacial score (nSPS) is 16.0. The second-order valence-corrected chi connectivity index (χ2v) is 8.15. The zero-order valence-corrected chi connectivity index (χ0v) is 18.1. The number of rotatable bonds is 6. The molecule has 1 unspecified atom stereocenters. The Kier molecular flexibility index (Phi) is 7.46. The van der Waals surface area contributed by atoms with Crippen molar-refractivity contribution in [1.29, 1.82) is 0 Å². The van der Waals surface area contributed by atoms with Gasteiger partial charge in [0.15, 0.2) is 0 Å². The van der Waals surface area contributed by atoms with Gasteiger partial charge in [-0.1, -0.05) is 36.4 Å². The molecule has 0 aliphatic carbocycles. The predicted molar refractivity (Wildman–Crippen MR) is 121 cm³/mol. The molecule has 2 aromatic rings. The number of para-hydroxylation sites is 1. The molecule has 0 aromatic heterocycles. The Labute approximate surface area is 179 Å². The summed E-state index contributed by atoms with van der Waals surface area (Å²) in [4.78, 5) is 26.8. The zero-order chi connectivity index (χ0) is 21.5. The van der Waals surface area contributed by atoms with Gasteiger partial charge in [0.2, 0.25) is 5.91 Å². The van der Waals surface area contributed by atoms with Crippen molar-refractivity contribution in [1.82, 2.24) is 15.5 Å². The molecule has 1 fully saturated rings. The van der Waals surface area contributed by atoms with Crippen LogP contribution in [0.5, 0.6) is 0 Å². The summed E-state index contributed by atoms with van der Waals surface area (Å²) in [7, 11) is 0. The van der Waals surface area contributed by atoms with Crippen molar-refractivity contribution >= 4 is 17.6 Å². The van der Waals surface area contributed by atoms with E-state index in [4.69, 9.17) is 0 Å². The van der Waals surface area contributed by atoms with Crippen LogP contribution in [0, 0.1) is 13.8 Å². The molecule has 0 spiro atoms. The van der Waals surface area contributed by atoms with Gasteiger partial charge in [-0.15, -0.1) is 0 Å². The smallest absolute Gasteiger partial charge is 0.319 e. The third-order valence-electron chi connectivity index (χ3n) is 5.73. The zero-order valence-electron chi connectivity index (χ0n) is 18.1. The molecule has 6 heteroatoms. The van der Waals surface area contributed by atoms with Gasteiger partial charge in [-0.2, -0.15) is 0 Å². The van der Waals surface area contributed by atoms with E-state index in [0.29, 0.717) is 6.54 Å². The first-order valence-corrected chi connectivity index (χ1v) is 10.6. The van der Waals surface area contributed by atoms with E-state index in [2.05, 4.69) is 52.9 Å². The van der Waals surface area contributed by atoms with Crippen LogP contribution in [0.15, 0.2) is 48.5 Å². The first-order chi connectivity index (χ1) is 14.4. The monoisotopic (exact) mass is 408 g/mol. The highest BCUT2D eigenvalue weighted by Gasteiger charge is 2.22. The number of carbonyl (C=O) groups is 2. The number of nitrogens with one attached hydrogen (secondary N) is 3. The topological polar surface area (TPSA) is 73.5 Å². The van der Waals surface area contributed by atoms with E-state index in [1.54, 1.807) is 0 Å². The van der Waals surface area contributed by atoms with E-state index in [0.717, 1.165) is 37.2 Å². The van der Waals surface area contributed by atoms with Gasteiger partial charge in [-0.25, -0.2) is 4.79 Å². The van der Waals surface area contributed by atoms with Crippen molar-refractivity contribution in [2.75, 3.05) is 25.0 Å². The van der Waals surface area contributed by atoms with Crippen LogP contribution >= 0.6 is 0 Å². The van der Waals surface area contributed by atoms with E-state index < -0.39 is 0 Å². The van der Waals surface area contributed by atoms with Crippen LogP contribution < -0.4 is 16.0 Å². The molecule has 2 aromatic carbocycles. The van der Waals surface area contributed by atoms with Gasteiger partial charge in [0.25, 0.3) is 0 Å². The minimum Gasteiger partial charge on any atom is -0.348 e. The Morgan fingerprint density at radius 1 is 1.03 bits per heavy atom. The molecule has 6 nitrogen and oxygen atoms in total. The lowest BCUT2D eigenvalue weighted by molar-refractivity contribution is -0.123. The first kappa shape index (κ1) is 21.8. The van der Waals surface area contributed by atoms with Crippen LogP contribution in [0.1, 0.15) is 42.5 Å². The summed E-state index contributed by atoms with van der Waals surface area (Å²) >= 11 is 0. The van der Waals surface area contributed by atoms with Gasteiger partial charge in [0.1, 0.15) is 0 Å². The van der Waals surface area contributed by atoms with Gasteiger partial charge in [-0.3, -0.25) is 9.69 Å². The number of hydrogen-bond acceptors (Lipinski definition) is 3. The molecule has 1 aliphatic heterocycles. The molecule has 3 amide bonds. The number of anilines is 1. The summed E-state index contributed by atoms with van der Waals surface area (Å²) in [6, 6.07) is 15.7. The summed E-state index contributed by atoms with van der Waals surface area (Å²) in [6.45, 7) is 8.17. The molecule has 1 saturated heterocycles. The van der Waals surface area contributed by atoms with Crippen LogP contribution in [0.25, 0.3) is 0 Å². The molecule has 0 radical (unpaired) electrons. The lowest BCUT2D eigenvalue weighted by atomic mass is 10.0. The Balaban J connectivity index is 1.39. The third-order valence-corrected chi connectivity index (χ3v) is 5.73. The molecule has 160 valence electrons. The standard InChI is InChI=1S/C24H32N4O2/c1-17-9-10-20(15-18(17)2)19(3)25-23(29)16-28-13-11-22(12-14-28)27-24(30)26-21-7-5-4-6-8-21/h4-10,15,19,22H,11-14,16H2,1-3H3,(H,25,29)(H2,26,27,30). The maximum absolute atomic E-state index is 12.5. The minimum atomic E-state index is -0.181. The number of benzene rings is 2. The molecular formula is C24H32N4O2. The van der Waals surface area contributed by atoms with Crippen molar-refractivity contribution in [2.24, 2.45) is 0 Å². The average molecular weight is 409 g/mol. The van der Waals surface area contributed by atoms with Gasteiger partial charge in [-0.05, 0) is 62.4 Å². The number of piperidine rings is 1. The Bertz CT molecular complexity index is 861. The number of urea groups is 1. The first-order valence-electron chi connectivity index (χ1n) is 10.6. The van der Waals surface area contributed by atoms with Crippen LogP contribution in [-0.2, 0) is 4.79 Å². The van der Waals surface area contributed by atoms with Gasteiger partial charge in [0, 0.05) is 24.8 Å². The van der Waals surface area contributed by atoms with Crippen LogP contribution in [0.4, 0.5) is 10.5 Å². The third kappa shape index (κ3) is 6.32. The largest absolute Gasteiger partial charge is 0.348 e. The summed E-state index contributed by atoms with van der Waals surface area (Å²) in [5, 5.41) is 8.98. The number of amides is 3. The van der Waals surface area contributed by atoms with Crippen LogP contribution in [0.2, 0.25) is 0 Å². The number of carbonyl (C=O) groups excluding carboxylic acids is 2. The molecule has 0 saturated carbocycles. The van der Waals surface area contributed by atoms with Crippen molar-refractivity contribution < 1.29 is 9.59 Å². The Morgan fingerprint density at radius 2 is 1.73 bits per heavy atom. The van der Waals surface area contributed by atoms with Gasteiger partial charge < -0.3 is 16.0 Å². The maximum atomic E-state index is 12.5. The van der Waals surface area contributed by atoms with Crippen molar-refractivity contribution in [3.63, 3.8) is 0 Å². The Morgan fingerprint density at radius 3 is 2.40 bits per heavy atom. The fourth-order valence-corrected chi connectivity index (χ4v) is 3.72. The molecule has 1 aliphatic rings. The van der Waals surface area contributed by atoms with Crippen molar-refractivity contribution in [2.45, 2.75) is 45.7 Å². The SMILES string of the molecule is Cc1ccc(C(C)NC(=O)CN2CCC(NC(=O)Nc3ccccc3)CC2)cc1C. The van der Waals surface area contributed by atoms with Gasteiger partial charge >= 0.3 is 6.03 Å². The van der Waals surface area contributed by atoms with E-state index in [1.807, 2.05) is 37.3 Å². The van der Waals surface area contributed by atoms with E-state index in [-0.39, 0.29) is 24.0 Å². The quantitative estimate of drug-likeness (QED) is 0.681. The summed E-state index contributed by atoms with van der Waals surface area (Å²) < 4.78 is 0. The molecule has 0 bridgehead atoms. The molecular weight excluding hydrogens is 376 g/mol. The second-order valence-electron chi connectivity index (χ2n) is 8.15. The van der Waals surface area contributed by atoms with Crippen LogP contribution in [0.3, 0.4) is 0 Å². The van der Waals surface area contributed by atoms with Crippen LogP contribution in [-0.4, -0.2) is 42.5 Å². The molecule has 30 heavy (non-hydrogen) atoms. The lowest BCUT2D eigenvalue weighted by Crippen LogP contribution is -2.48. The molecule has 3 rings (SSSR count). The minimum absolute atomic E-state index is 0.0160. The lowest BCUT2D eigenvalue weighted by Gasteiger charge is -2.32. The van der Waals surface area contributed by atoms with E-state index in [1.165, 1.54) is 11.1 Å². The summed E-state index contributed by atoms with van der Waals surface area (Å²) in [5.41, 5.74) is 4.39. The second kappa shape index (κ2) is 10.3. The fraction of sp³-hybridized carbons (Fsp3) is 0.417. The molecule has 3 N–H and O–H groups in total. The average Bonchev–Trinajstić information content (AvgIpc) is 2.72. The highest BCUT2D eigenvalue weighted by Crippen LogP contribution is 2.17.